The van der Waals surface area contributed by atoms with Crippen molar-refractivity contribution < 1.29 is 57.2 Å². The molecule has 38 heavy (non-hydrogen) atoms. The number of carbonyl (C=O) groups excluding carboxylic acids is 6. The van der Waals surface area contributed by atoms with Crippen LogP contribution in [0.1, 0.15) is 5.56 Å². The molecule has 0 aliphatic heterocycles. The highest BCUT2D eigenvalue weighted by Gasteiger charge is 2.91. The van der Waals surface area contributed by atoms with Crippen LogP contribution in [0.3, 0.4) is 0 Å². The zero-order valence-electron chi connectivity index (χ0n) is 21.6. The van der Waals surface area contributed by atoms with E-state index < -0.39 is 74.9 Å². The first-order valence-corrected chi connectivity index (χ1v) is 11.1. The zero-order valence-corrected chi connectivity index (χ0v) is 21.6. The van der Waals surface area contributed by atoms with Gasteiger partial charge in [0.1, 0.15) is 10.8 Å². The Morgan fingerprint density at radius 1 is 0.632 bits per heavy atom. The lowest BCUT2D eigenvalue weighted by Crippen LogP contribution is -2.40. The van der Waals surface area contributed by atoms with Crippen LogP contribution in [0.5, 0.6) is 0 Å². The van der Waals surface area contributed by atoms with Crippen LogP contribution in [0, 0.1) is 16.7 Å². The van der Waals surface area contributed by atoms with Gasteiger partial charge in [0, 0.05) is 5.92 Å². The van der Waals surface area contributed by atoms with Gasteiger partial charge >= 0.3 is 35.8 Å². The standard InChI is InChI=1S/C26H26O12/c1-33-19(27)14-15(20(28)34-2)17(22(30)36-4)26(24(32)38-6)18(16(14)21(29)35-3)25(26,23(31)37-5)12-13-10-8-7-9-11-13/h7-11,18H,12H2,1-6H3. The second-order valence-corrected chi connectivity index (χ2v) is 8.36. The molecule has 3 atom stereocenters. The molecule has 1 aromatic rings. The average Bonchev–Trinajstić information content (AvgIpc) is 3.56. The Morgan fingerprint density at radius 2 is 1.13 bits per heavy atom. The van der Waals surface area contributed by atoms with E-state index in [9.17, 15) is 28.8 Å². The molecule has 0 aromatic heterocycles. The summed E-state index contributed by atoms with van der Waals surface area (Å²) in [6.07, 6.45) is -0.274. The van der Waals surface area contributed by atoms with Gasteiger partial charge in [-0.1, -0.05) is 30.3 Å². The largest absolute Gasteiger partial charge is 0.469 e. The third kappa shape index (κ3) is 3.66. The number of carbonyl (C=O) groups is 6. The molecule has 0 N–H and O–H groups in total. The highest BCUT2D eigenvalue weighted by atomic mass is 16.6. The number of hydrogen-bond donors (Lipinski definition) is 0. The first-order valence-electron chi connectivity index (χ1n) is 11.1. The second kappa shape index (κ2) is 10.5. The minimum atomic E-state index is -2.34. The van der Waals surface area contributed by atoms with Crippen LogP contribution in [0.15, 0.2) is 52.6 Å². The summed E-state index contributed by atoms with van der Waals surface area (Å²) in [6.45, 7) is 0. The van der Waals surface area contributed by atoms with Crippen LogP contribution in [0.25, 0.3) is 0 Å². The third-order valence-corrected chi connectivity index (χ3v) is 6.96. The molecule has 0 amide bonds. The van der Waals surface area contributed by atoms with Crippen molar-refractivity contribution in [2.24, 2.45) is 16.7 Å². The predicted molar refractivity (Wildman–Crippen MR) is 125 cm³/mol. The number of hydrogen-bond acceptors (Lipinski definition) is 12. The third-order valence-electron chi connectivity index (χ3n) is 6.96. The van der Waals surface area contributed by atoms with E-state index in [0.29, 0.717) is 5.56 Å². The smallest absolute Gasteiger partial charge is 0.339 e. The Kier molecular flexibility index (Phi) is 7.75. The molecular formula is C26H26O12. The molecule has 3 unspecified atom stereocenters. The Hall–Kier alpha value is -4.48. The van der Waals surface area contributed by atoms with Crippen molar-refractivity contribution in [3.05, 3.63) is 58.2 Å². The number of benzene rings is 1. The predicted octanol–water partition coefficient (Wildman–Crippen LogP) is 0.477. The van der Waals surface area contributed by atoms with Gasteiger partial charge in [-0.2, -0.15) is 0 Å². The van der Waals surface area contributed by atoms with Crippen molar-refractivity contribution in [3.8, 4) is 0 Å². The molecule has 12 nitrogen and oxygen atoms in total. The Bertz CT molecular complexity index is 1270. The van der Waals surface area contributed by atoms with Crippen LogP contribution in [0.4, 0.5) is 0 Å². The molecule has 3 rings (SSSR count). The van der Waals surface area contributed by atoms with Crippen molar-refractivity contribution >= 4 is 35.8 Å². The lowest BCUT2D eigenvalue weighted by atomic mass is 9.75. The van der Waals surface area contributed by atoms with Crippen LogP contribution in [-0.4, -0.2) is 78.5 Å². The minimum Gasteiger partial charge on any atom is -0.469 e. The molecule has 0 bridgehead atoms. The summed E-state index contributed by atoms with van der Waals surface area (Å²) in [4.78, 5) is 80.3. The Morgan fingerprint density at radius 3 is 1.61 bits per heavy atom. The summed E-state index contributed by atoms with van der Waals surface area (Å²) in [5, 5.41) is 0. The summed E-state index contributed by atoms with van der Waals surface area (Å²) in [5.41, 5.74) is -6.68. The maximum atomic E-state index is 13.7. The van der Waals surface area contributed by atoms with E-state index in [1.165, 1.54) is 0 Å². The van der Waals surface area contributed by atoms with Gasteiger partial charge in [-0.3, -0.25) is 9.59 Å². The molecular weight excluding hydrogens is 504 g/mol. The summed E-state index contributed by atoms with van der Waals surface area (Å²) in [7, 11) is 5.96. The quantitative estimate of drug-likeness (QED) is 0.339. The van der Waals surface area contributed by atoms with Crippen LogP contribution >= 0.6 is 0 Å². The highest BCUT2D eigenvalue weighted by molar-refractivity contribution is 6.22. The normalized spacial score (nSPS) is 23.5. The Labute approximate surface area is 217 Å². The summed E-state index contributed by atoms with van der Waals surface area (Å²) in [6, 6.07) is 8.35. The molecule has 0 saturated heterocycles. The van der Waals surface area contributed by atoms with Gasteiger partial charge in [0.25, 0.3) is 0 Å². The van der Waals surface area contributed by atoms with Gasteiger partial charge in [-0.15, -0.1) is 0 Å². The minimum absolute atomic E-state index is 0.274. The molecule has 202 valence electrons. The molecule has 1 saturated carbocycles. The van der Waals surface area contributed by atoms with Gasteiger partial charge in [0.15, 0.2) is 0 Å². The molecule has 0 heterocycles. The second-order valence-electron chi connectivity index (χ2n) is 8.36. The van der Waals surface area contributed by atoms with Crippen LogP contribution in [0.2, 0.25) is 0 Å². The first-order chi connectivity index (χ1) is 18.1. The van der Waals surface area contributed by atoms with E-state index in [-0.39, 0.29) is 6.42 Å². The fraction of sp³-hybridized carbons (Fsp3) is 0.385. The van der Waals surface area contributed by atoms with Crippen molar-refractivity contribution in [1.29, 1.82) is 0 Å². The van der Waals surface area contributed by atoms with Crippen molar-refractivity contribution in [2.45, 2.75) is 6.42 Å². The maximum absolute atomic E-state index is 13.7. The van der Waals surface area contributed by atoms with Crippen molar-refractivity contribution in [3.63, 3.8) is 0 Å². The van der Waals surface area contributed by atoms with Crippen molar-refractivity contribution in [2.75, 3.05) is 42.7 Å². The number of esters is 6. The average molecular weight is 530 g/mol. The molecule has 0 radical (unpaired) electrons. The van der Waals surface area contributed by atoms with Gasteiger partial charge in [0.2, 0.25) is 0 Å². The maximum Gasteiger partial charge on any atom is 0.339 e. The van der Waals surface area contributed by atoms with E-state index in [2.05, 4.69) is 0 Å². The van der Waals surface area contributed by atoms with Crippen LogP contribution in [-0.2, 0) is 63.6 Å². The van der Waals surface area contributed by atoms with E-state index in [4.69, 9.17) is 28.4 Å². The number of rotatable bonds is 8. The van der Waals surface area contributed by atoms with Gasteiger partial charge in [0.05, 0.1) is 65.0 Å². The van der Waals surface area contributed by atoms with Crippen molar-refractivity contribution in [1.82, 2.24) is 0 Å². The van der Waals surface area contributed by atoms with Gasteiger partial charge < -0.3 is 28.4 Å². The molecule has 0 spiro atoms. The molecule has 1 aromatic carbocycles. The fourth-order valence-corrected chi connectivity index (χ4v) is 5.54. The van der Waals surface area contributed by atoms with Crippen LogP contribution < -0.4 is 0 Å². The summed E-state index contributed by atoms with van der Waals surface area (Å²) < 4.78 is 29.7. The van der Waals surface area contributed by atoms with Gasteiger partial charge in [-0.05, 0) is 12.0 Å². The van der Waals surface area contributed by atoms with E-state index >= 15 is 0 Å². The number of ether oxygens (including phenoxy) is 6. The highest BCUT2D eigenvalue weighted by Crippen LogP contribution is 2.80. The van der Waals surface area contributed by atoms with E-state index in [1.807, 2.05) is 0 Å². The molecule has 12 heteroatoms. The summed E-state index contributed by atoms with van der Waals surface area (Å²) >= 11 is 0. The molecule has 2 aliphatic carbocycles. The first kappa shape index (κ1) is 28.1. The SMILES string of the molecule is COC(=O)C1=C(C(=O)OC)C2C(Cc3ccccc3)(C(=O)OC)C2(C(=O)OC)C(C(=O)OC)=C1C(=O)OC. The topological polar surface area (TPSA) is 158 Å². The molecule has 2 aliphatic rings. The number of methoxy groups -OCH3 is 6. The lowest BCUT2D eigenvalue weighted by Gasteiger charge is -2.27. The fourth-order valence-electron chi connectivity index (χ4n) is 5.54. The monoisotopic (exact) mass is 530 g/mol. The van der Waals surface area contributed by atoms with E-state index in [1.54, 1.807) is 30.3 Å². The van der Waals surface area contributed by atoms with E-state index in [0.717, 1.165) is 42.7 Å². The van der Waals surface area contributed by atoms with Gasteiger partial charge in [-0.25, -0.2) is 19.2 Å². The zero-order chi connectivity index (χ0) is 28.4. The Balaban J connectivity index is 2.65. The summed E-state index contributed by atoms with van der Waals surface area (Å²) in [5.74, 6) is -8.64. The molecule has 1 fully saturated rings. The lowest BCUT2D eigenvalue weighted by molar-refractivity contribution is -0.157. The number of fused-ring (bicyclic) bond motifs is 1.